The molecule has 0 aliphatic heterocycles. The third-order valence-corrected chi connectivity index (χ3v) is 8.84. The first-order valence-electron chi connectivity index (χ1n) is 15.2. The number of nitriles is 1. The molecule has 5 heteroatoms. The molecule has 4 heterocycles. The molecular formula is C41H25N5. The van der Waals surface area contributed by atoms with Crippen molar-refractivity contribution in [3.63, 3.8) is 0 Å². The fourth-order valence-corrected chi connectivity index (χ4v) is 6.76. The fraction of sp³-hybridized carbons (Fsp3) is 0. The van der Waals surface area contributed by atoms with Crippen molar-refractivity contribution in [3.05, 3.63) is 157 Å². The summed E-state index contributed by atoms with van der Waals surface area (Å²) in [7, 11) is 0. The third-order valence-electron chi connectivity index (χ3n) is 8.84. The molecule has 0 aliphatic rings. The van der Waals surface area contributed by atoms with Crippen molar-refractivity contribution in [3.8, 4) is 40.1 Å². The summed E-state index contributed by atoms with van der Waals surface area (Å²) in [5.41, 5.74) is 9.28. The van der Waals surface area contributed by atoms with Crippen molar-refractivity contribution in [1.29, 1.82) is 5.26 Å². The molecule has 0 amide bonds. The summed E-state index contributed by atoms with van der Waals surface area (Å²) in [4.78, 5) is 9.90. The highest BCUT2D eigenvalue weighted by Crippen LogP contribution is 2.35. The maximum atomic E-state index is 10.3. The highest BCUT2D eigenvalue weighted by atomic mass is 15.1. The van der Waals surface area contributed by atoms with Gasteiger partial charge in [-0.05, 0) is 60.7 Å². The number of nitrogens with zero attached hydrogens (tertiary/aromatic N) is 5. The normalized spacial score (nSPS) is 11.5. The van der Waals surface area contributed by atoms with Gasteiger partial charge in [0.15, 0.2) is 0 Å². The van der Waals surface area contributed by atoms with Crippen LogP contribution >= 0.6 is 0 Å². The summed E-state index contributed by atoms with van der Waals surface area (Å²) in [5, 5.41) is 15.1. The zero-order chi connectivity index (χ0) is 30.6. The Hall–Kier alpha value is -6.51. The zero-order valence-corrected chi connectivity index (χ0v) is 24.7. The van der Waals surface area contributed by atoms with E-state index in [4.69, 9.17) is 9.97 Å². The molecule has 0 bridgehead atoms. The average Bonchev–Trinajstić information content (AvgIpc) is 3.65. The molecular weight excluding hydrogens is 562 g/mol. The van der Waals surface area contributed by atoms with Crippen LogP contribution < -0.4 is 0 Å². The number of hydrogen-bond donors (Lipinski definition) is 0. The molecule has 0 radical (unpaired) electrons. The summed E-state index contributed by atoms with van der Waals surface area (Å²) < 4.78 is 4.39. The molecule has 214 valence electrons. The van der Waals surface area contributed by atoms with Crippen LogP contribution in [0.2, 0.25) is 0 Å². The van der Waals surface area contributed by atoms with E-state index in [2.05, 4.69) is 118 Å². The molecule has 0 fully saturated rings. The maximum absolute atomic E-state index is 10.3. The first-order valence-corrected chi connectivity index (χ1v) is 15.2. The van der Waals surface area contributed by atoms with Crippen molar-refractivity contribution in [2.45, 2.75) is 0 Å². The van der Waals surface area contributed by atoms with Gasteiger partial charge in [-0.3, -0.25) is 4.57 Å². The first-order chi connectivity index (χ1) is 22.8. The molecule has 0 atom stereocenters. The standard InChI is InChI=1S/C41H25N5/c42-25-29-24-27(20-22-36(29)45-37-16-5-1-10-30(37)31-11-2-6-17-38(31)45)34-14-9-15-35(44-34)28-21-23-41(43-26-28)46-39-18-7-3-12-32(39)33-13-4-8-19-40(33)46/h1-24,26H. The van der Waals surface area contributed by atoms with Crippen LogP contribution in [0.4, 0.5) is 0 Å². The summed E-state index contributed by atoms with van der Waals surface area (Å²) in [6.07, 6.45) is 1.89. The van der Waals surface area contributed by atoms with E-state index in [1.807, 2.05) is 48.7 Å². The highest BCUT2D eigenvalue weighted by molar-refractivity contribution is 6.10. The summed E-state index contributed by atoms with van der Waals surface area (Å²) >= 11 is 0. The minimum absolute atomic E-state index is 0.591. The first kappa shape index (κ1) is 25.9. The lowest BCUT2D eigenvalue weighted by molar-refractivity contribution is 1.08. The number of benzene rings is 5. The SMILES string of the molecule is N#Cc1cc(-c2cccc(-c3ccc(-n4c5ccccc5c5ccccc54)nc3)n2)ccc1-n1c2ccccc2c2ccccc21. The summed E-state index contributed by atoms with van der Waals surface area (Å²) in [6.45, 7) is 0. The van der Waals surface area contributed by atoms with Gasteiger partial charge in [0.2, 0.25) is 0 Å². The van der Waals surface area contributed by atoms with Gasteiger partial charge in [-0.1, -0.05) is 84.9 Å². The van der Waals surface area contributed by atoms with Gasteiger partial charge >= 0.3 is 0 Å². The van der Waals surface area contributed by atoms with Crippen molar-refractivity contribution >= 4 is 43.6 Å². The van der Waals surface area contributed by atoms with Gasteiger partial charge in [-0.2, -0.15) is 5.26 Å². The van der Waals surface area contributed by atoms with E-state index in [0.717, 1.165) is 56.1 Å². The van der Waals surface area contributed by atoms with Gasteiger partial charge in [0.05, 0.1) is 44.7 Å². The smallest absolute Gasteiger partial charge is 0.137 e. The van der Waals surface area contributed by atoms with Crippen LogP contribution in [0, 0.1) is 11.3 Å². The van der Waals surface area contributed by atoms with Crippen LogP contribution in [-0.2, 0) is 0 Å². The van der Waals surface area contributed by atoms with Crippen molar-refractivity contribution in [2.24, 2.45) is 0 Å². The van der Waals surface area contributed by atoms with Crippen LogP contribution in [0.5, 0.6) is 0 Å². The second-order valence-corrected chi connectivity index (χ2v) is 11.4. The number of fused-ring (bicyclic) bond motifs is 6. The van der Waals surface area contributed by atoms with E-state index in [1.54, 1.807) is 0 Å². The molecule has 46 heavy (non-hydrogen) atoms. The Kier molecular flexibility index (Phi) is 5.81. The van der Waals surface area contributed by atoms with E-state index in [9.17, 15) is 5.26 Å². The molecule has 5 nitrogen and oxygen atoms in total. The average molecular weight is 588 g/mol. The number of pyridine rings is 2. The Labute approximate surface area is 264 Å². The van der Waals surface area contributed by atoms with Crippen LogP contribution in [0.25, 0.3) is 77.6 Å². The van der Waals surface area contributed by atoms with Gasteiger partial charge in [0.1, 0.15) is 11.9 Å². The molecule has 0 N–H and O–H groups in total. The monoisotopic (exact) mass is 587 g/mol. The number of hydrogen-bond acceptors (Lipinski definition) is 3. The number of aromatic nitrogens is 4. The predicted molar refractivity (Wildman–Crippen MR) is 186 cm³/mol. The van der Waals surface area contributed by atoms with Gasteiger partial charge in [0, 0.05) is 38.9 Å². The summed E-state index contributed by atoms with van der Waals surface area (Å²) in [5.74, 6) is 0.858. The highest BCUT2D eigenvalue weighted by Gasteiger charge is 2.16. The van der Waals surface area contributed by atoms with Crippen LogP contribution in [0.3, 0.4) is 0 Å². The minimum atomic E-state index is 0.591. The van der Waals surface area contributed by atoms with Gasteiger partial charge in [0.25, 0.3) is 0 Å². The Morgan fingerprint density at radius 2 is 0.978 bits per heavy atom. The molecule has 9 rings (SSSR count). The Balaban J connectivity index is 1.10. The molecule has 0 saturated carbocycles. The molecule has 0 unspecified atom stereocenters. The van der Waals surface area contributed by atoms with Crippen molar-refractivity contribution in [1.82, 2.24) is 19.1 Å². The second-order valence-electron chi connectivity index (χ2n) is 11.4. The molecule has 9 aromatic rings. The maximum Gasteiger partial charge on any atom is 0.137 e. The van der Waals surface area contributed by atoms with E-state index < -0.39 is 0 Å². The van der Waals surface area contributed by atoms with Crippen LogP contribution in [0.15, 0.2) is 152 Å². The van der Waals surface area contributed by atoms with Crippen molar-refractivity contribution in [2.75, 3.05) is 0 Å². The lowest BCUT2D eigenvalue weighted by atomic mass is 10.0. The third kappa shape index (κ3) is 3.94. The quantitative estimate of drug-likeness (QED) is 0.206. The van der Waals surface area contributed by atoms with Crippen molar-refractivity contribution < 1.29 is 0 Å². The van der Waals surface area contributed by atoms with Gasteiger partial charge in [-0.25, -0.2) is 9.97 Å². The molecule has 0 aliphatic carbocycles. The Bertz CT molecular complexity index is 2550. The largest absolute Gasteiger partial charge is 0.308 e. The number of rotatable bonds is 4. The molecule has 5 aromatic carbocycles. The van der Waals surface area contributed by atoms with Crippen LogP contribution in [0.1, 0.15) is 5.56 Å². The van der Waals surface area contributed by atoms with Gasteiger partial charge in [-0.15, -0.1) is 0 Å². The minimum Gasteiger partial charge on any atom is -0.308 e. The molecule has 4 aromatic heterocycles. The predicted octanol–water partition coefficient (Wildman–Crippen LogP) is 9.88. The molecule has 0 saturated heterocycles. The zero-order valence-electron chi connectivity index (χ0n) is 24.7. The van der Waals surface area contributed by atoms with Gasteiger partial charge < -0.3 is 4.57 Å². The Morgan fingerprint density at radius 1 is 0.478 bits per heavy atom. The van der Waals surface area contributed by atoms with Crippen LogP contribution in [-0.4, -0.2) is 19.1 Å². The van der Waals surface area contributed by atoms with E-state index in [0.29, 0.717) is 5.56 Å². The summed E-state index contributed by atoms with van der Waals surface area (Å²) in [6, 6.07) is 52.1. The lowest BCUT2D eigenvalue weighted by Gasteiger charge is -2.12. The fourth-order valence-electron chi connectivity index (χ4n) is 6.76. The number of para-hydroxylation sites is 4. The second kappa shape index (κ2) is 10.3. The van der Waals surface area contributed by atoms with E-state index in [1.165, 1.54) is 21.5 Å². The lowest BCUT2D eigenvalue weighted by Crippen LogP contribution is -1.99. The molecule has 0 spiro atoms. The van der Waals surface area contributed by atoms with E-state index >= 15 is 0 Å². The Morgan fingerprint density at radius 3 is 1.50 bits per heavy atom. The van der Waals surface area contributed by atoms with E-state index in [-0.39, 0.29) is 0 Å². The topological polar surface area (TPSA) is 59.4 Å².